The zero-order valence-electron chi connectivity index (χ0n) is 18.2. The van der Waals surface area contributed by atoms with Crippen molar-refractivity contribution in [3.8, 4) is 11.5 Å². The smallest absolute Gasteiger partial charge is 0.338 e. The molecule has 0 bridgehead atoms. The van der Waals surface area contributed by atoms with Crippen molar-refractivity contribution in [3.63, 3.8) is 0 Å². The van der Waals surface area contributed by atoms with Crippen molar-refractivity contribution in [2.75, 3.05) is 19.5 Å². The number of fused-ring (bicyclic) bond motifs is 1. The summed E-state index contributed by atoms with van der Waals surface area (Å²) in [6, 6.07) is 14.8. The highest BCUT2D eigenvalue weighted by molar-refractivity contribution is 8.15. The van der Waals surface area contributed by atoms with E-state index in [9.17, 15) is 9.59 Å². The molecule has 0 N–H and O–H groups in total. The summed E-state index contributed by atoms with van der Waals surface area (Å²) in [6.45, 7) is 4.14. The lowest BCUT2D eigenvalue weighted by Gasteiger charge is -2.29. The van der Waals surface area contributed by atoms with E-state index in [2.05, 4.69) is 0 Å². The summed E-state index contributed by atoms with van der Waals surface area (Å²) in [7, 11) is 1.57. The van der Waals surface area contributed by atoms with Crippen LogP contribution in [0.25, 0.3) is 0 Å². The number of amidine groups is 1. The number of amides is 1. The van der Waals surface area contributed by atoms with Gasteiger partial charge in [0, 0.05) is 5.70 Å². The third-order valence-corrected chi connectivity index (χ3v) is 6.18. The Labute approximate surface area is 191 Å². The van der Waals surface area contributed by atoms with Crippen molar-refractivity contribution in [1.82, 2.24) is 4.90 Å². The minimum atomic E-state index is -0.601. The number of hydrogen-bond acceptors (Lipinski definition) is 7. The number of rotatable bonds is 7. The first kappa shape index (κ1) is 22.0. The molecule has 0 aliphatic carbocycles. The molecule has 0 saturated carbocycles. The van der Waals surface area contributed by atoms with Crippen LogP contribution in [-0.4, -0.2) is 41.4 Å². The van der Waals surface area contributed by atoms with Gasteiger partial charge in [-0.3, -0.25) is 9.69 Å². The van der Waals surface area contributed by atoms with Crippen LogP contribution in [0.1, 0.15) is 31.0 Å². The first-order valence-corrected chi connectivity index (χ1v) is 11.3. The number of ether oxygens (including phenoxy) is 3. The fourth-order valence-electron chi connectivity index (χ4n) is 3.70. The molecule has 1 saturated heterocycles. The lowest BCUT2D eigenvalue weighted by atomic mass is 9.95. The van der Waals surface area contributed by atoms with E-state index >= 15 is 0 Å². The fraction of sp³-hybridized carbons (Fsp3) is 0.292. The van der Waals surface area contributed by atoms with Gasteiger partial charge in [-0.1, -0.05) is 48.2 Å². The molecular formula is C24H24N2O5S. The van der Waals surface area contributed by atoms with Crippen LogP contribution in [0.2, 0.25) is 0 Å². The highest BCUT2D eigenvalue weighted by Gasteiger charge is 2.40. The van der Waals surface area contributed by atoms with Gasteiger partial charge in [-0.2, -0.15) is 0 Å². The van der Waals surface area contributed by atoms with Crippen LogP contribution >= 0.6 is 11.8 Å². The van der Waals surface area contributed by atoms with E-state index in [4.69, 9.17) is 19.2 Å². The van der Waals surface area contributed by atoms with Crippen molar-refractivity contribution in [1.29, 1.82) is 0 Å². The van der Waals surface area contributed by atoms with Crippen molar-refractivity contribution in [3.05, 3.63) is 70.9 Å². The van der Waals surface area contributed by atoms with Crippen LogP contribution in [0.3, 0.4) is 0 Å². The van der Waals surface area contributed by atoms with Crippen LogP contribution in [0.5, 0.6) is 11.5 Å². The molecule has 1 amide bonds. The molecule has 0 radical (unpaired) electrons. The topological polar surface area (TPSA) is 77.4 Å². The zero-order chi connectivity index (χ0) is 22.7. The second-order valence-electron chi connectivity index (χ2n) is 7.24. The van der Waals surface area contributed by atoms with Gasteiger partial charge in [0.2, 0.25) is 5.91 Å². The summed E-state index contributed by atoms with van der Waals surface area (Å²) >= 11 is 1.37. The zero-order valence-corrected chi connectivity index (χ0v) is 19.0. The van der Waals surface area contributed by atoms with Gasteiger partial charge in [-0.25, -0.2) is 9.79 Å². The second-order valence-corrected chi connectivity index (χ2v) is 8.18. The maximum atomic E-state index is 12.8. The summed E-state index contributed by atoms with van der Waals surface area (Å²) in [5, 5.41) is 0.592. The van der Waals surface area contributed by atoms with Crippen molar-refractivity contribution < 1.29 is 23.8 Å². The monoisotopic (exact) mass is 452 g/mol. The molecule has 2 heterocycles. The number of benzene rings is 2. The van der Waals surface area contributed by atoms with E-state index < -0.39 is 12.0 Å². The minimum Gasteiger partial charge on any atom is -0.493 e. The van der Waals surface area contributed by atoms with E-state index in [1.54, 1.807) is 21.0 Å². The molecular weight excluding hydrogens is 428 g/mol. The molecule has 1 fully saturated rings. The average molecular weight is 453 g/mol. The van der Waals surface area contributed by atoms with Crippen LogP contribution < -0.4 is 9.47 Å². The highest BCUT2D eigenvalue weighted by Crippen LogP contribution is 2.41. The maximum Gasteiger partial charge on any atom is 0.338 e. The first-order chi connectivity index (χ1) is 15.5. The SMILES string of the molecule is CCOC(=O)C1=C(C)N2C(=O)CSC2=N[C@@H]1c1ccc(OCc2ccccc2)c(OC)c1. The molecule has 2 aliphatic heterocycles. The van der Waals surface area contributed by atoms with Gasteiger partial charge in [0.1, 0.15) is 12.6 Å². The van der Waals surface area contributed by atoms with Gasteiger partial charge in [0.25, 0.3) is 0 Å². The predicted octanol–water partition coefficient (Wildman–Crippen LogP) is 4.10. The van der Waals surface area contributed by atoms with E-state index in [-0.39, 0.29) is 12.5 Å². The van der Waals surface area contributed by atoms with Gasteiger partial charge < -0.3 is 14.2 Å². The largest absolute Gasteiger partial charge is 0.493 e. The number of esters is 1. The number of carbonyl (C=O) groups is 2. The second kappa shape index (κ2) is 9.48. The van der Waals surface area contributed by atoms with E-state index in [1.807, 2.05) is 48.5 Å². The number of nitrogens with zero attached hydrogens (tertiary/aromatic N) is 2. The van der Waals surface area contributed by atoms with Crippen molar-refractivity contribution in [2.45, 2.75) is 26.5 Å². The van der Waals surface area contributed by atoms with E-state index in [1.165, 1.54) is 16.7 Å². The summed E-state index contributed by atoms with van der Waals surface area (Å²) in [5.41, 5.74) is 2.70. The Bertz CT molecular complexity index is 1100. The lowest BCUT2D eigenvalue weighted by Crippen LogP contribution is -2.35. The molecule has 1 atom stereocenters. The highest BCUT2D eigenvalue weighted by atomic mass is 32.2. The summed E-state index contributed by atoms with van der Waals surface area (Å²) in [6.07, 6.45) is 0. The molecule has 0 spiro atoms. The van der Waals surface area contributed by atoms with E-state index in [0.29, 0.717) is 40.3 Å². The number of aliphatic imine (C=N–C) groups is 1. The summed E-state index contributed by atoms with van der Waals surface area (Å²) in [4.78, 5) is 31.4. The third-order valence-electron chi connectivity index (χ3n) is 5.24. The Balaban J connectivity index is 1.67. The molecule has 2 aliphatic rings. The number of hydrogen-bond donors (Lipinski definition) is 0. The van der Waals surface area contributed by atoms with Gasteiger partial charge in [-0.05, 0) is 37.1 Å². The Kier molecular flexibility index (Phi) is 6.50. The average Bonchev–Trinajstić information content (AvgIpc) is 3.19. The van der Waals surface area contributed by atoms with Crippen LogP contribution in [0.4, 0.5) is 0 Å². The van der Waals surface area contributed by atoms with Crippen molar-refractivity contribution in [2.24, 2.45) is 4.99 Å². The number of allylic oxidation sites excluding steroid dienone is 1. The van der Waals surface area contributed by atoms with Crippen LogP contribution in [0.15, 0.2) is 64.8 Å². The fourth-order valence-corrected chi connectivity index (χ4v) is 4.63. The van der Waals surface area contributed by atoms with Gasteiger partial charge in [-0.15, -0.1) is 0 Å². The van der Waals surface area contributed by atoms with Crippen LogP contribution in [-0.2, 0) is 20.9 Å². The molecule has 2 aromatic carbocycles. The number of thioether (sulfide) groups is 1. The third kappa shape index (κ3) is 4.23. The maximum absolute atomic E-state index is 12.8. The van der Waals surface area contributed by atoms with Gasteiger partial charge in [0.05, 0.1) is 25.0 Å². The normalized spacial score (nSPS) is 17.7. The quantitative estimate of drug-likeness (QED) is 0.589. The molecule has 166 valence electrons. The predicted molar refractivity (Wildman–Crippen MR) is 123 cm³/mol. The standard InChI is InChI=1S/C24H24N2O5S/c1-4-30-23(28)21-15(2)26-20(27)14-32-24(26)25-22(21)17-10-11-18(19(12-17)29-3)31-13-16-8-6-5-7-9-16/h5-12,22H,4,13-14H2,1-3H3/t22-/m1/s1. The molecule has 32 heavy (non-hydrogen) atoms. The molecule has 4 rings (SSSR count). The van der Waals surface area contributed by atoms with Gasteiger partial charge >= 0.3 is 5.97 Å². The Hall–Kier alpha value is -3.26. The summed E-state index contributed by atoms with van der Waals surface area (Å²) in [5.74, 6) is 0.861. The summed E-state index contributed by atoms with van der Waals surface area (Å²) < 4.78 is 16.8. The number of carbonyl (C=O) groups excluding carboxylic acids is 2. The van der Waals surface area contributed by atoms with Crippen LogP contribution in [0, 0.1) is 0 Å². The molecule has 0 unspecified atom stereocenters. The Morgan fingerprint density at radius 3 is 2.69 bits per heavy atom. The van der Waals surface area contributed by atoms with Crippen molar-refractivity contribution >= 4 is 28.8 Å². The minimum absolute atomic E-state index is 0.0891. The molecule has 7 nitrogen and oxygen atoms in total. The first-order valence-electron chi connectivity index (χ1n) is 10.3. The van der Waals surface area contributed by atoms with E-state index in [0.717, 1.165) is 11.1 Å². The molecule has 0 aromatic heterocycles. The molecule has 2 aromatic rings. The lowest BCUT2D eigenvalue weighted by molar-refractivity contribution is -0.139. The molecule has 8 heteroatoms. The number of methoxy groups -OCH3 is 1. The Morgan fingerprint density at radius 1 is 1.19 bits per heavy atom. The Morgan fingerprint density at radius 2 is 1.97 bits per heavy atom. The van der Waals surface area contributed by atoms with Gasteiger partial charge in [0.15, 0.2) is 16.7 Å².